The number of nitrogens with one attached hydrogen (secondary N) is 2. The third-order valence-corrected chi connectivity index (χ3v) is 4.80. The number of hydrazine groups is 1. The number of benzene rings is 1. The number of nitrogens with zero attached hydrogens (tertiary/aromatic N) is 4. The van der Waals surface area contributed by atoms with Crippen molar-refractivity contribution in [2.75, 3.05) is 0 Å². The second-order valence-electron chi connectivity index (χ2n) is 5.56. The van der Waals surface area contributed by atoms with Crippen LogP contribution in [0.5, 0.6) is 0 Å². The third-order valence-electron chi connectivity index (χ3n) is 3.71. The van der Waals surface area contributed by atoms with Gasteiger partial charge >= 0.3 is 0 Å². The second kappa shape index (κ2) is 7.87. The van der Waals surface area contributed by atoms with Crippen molar-refractivity contribution in [3.63, 3.8) is 0 Å². The van der Waals surface area contributed by atoms with Gasteiger partial charge in [-0.1, -0.05) is 37.3 Å². The van der Waals surface area contributed by atoms with Crippen molar-refractivity contribution in [2.45, 2.75) is 26.8 Å². The van der Waals surface area contributed by atoms with Crippen molar-refractivity contribution < 1.29 is 9.59 Å². The average molecular weight is 370 g/mol. The number of rotatable bonds is 5. The number of amides is 2. The molecule has 0 aliphatic rings. The summed E-state index contributed by atoms with van der Waals surface area (Å²) in [6.07, 6.45) is 0.865. The molecule has 9 heteroatoms. The van der Waals surface area contributed by atoms with E-state index in [4.69, 9.17) is 0 Å². The van der Waals surface area contributed by atoms with Gasteiger partial charge in [-0.2, -0.15) is 4.80 Å². The summed E-state index contributed by atoms with van der Waals surface area (Å²) in [5.41, 5.74) is 6.71. The molecule has 134 valence electrons. The van der Waals surface area contributed by atoms with E-state index in [0.29, 0.717) is 10.7 Å². The Morgan fingerprint density at radius 1 is 1.19 bits per heavy atom. The lowest BCUT2D eigenvalue weighted by Gasteiger charge is -2.05. The fraction of sp³-hybridized carbons (Fsp3) is 0.235. The minimum absolute atomic E-state index is 0.149. The highest BCUT2D eigenvalue weighted by Gasteiger charge is 2.13. The van der Waals surface area contributed by atoms with Crippen LogP contribution in [0.4, 0.5) is 0 Å². The van der Waals surface area contributed by atoms with Crippen LogP contribution in [0.1, 0.15) is 27.0 Å². The molecule has 0 bridgehead atoms. The number of aromatic nitrogens is 4. The van der Waals surface area contributed by atoms with Crippen LogP contribution in [0.25, 0.3) is 11.4 Å². The molecule has 26 heavy (non-hydrogen) atoms. The molecule has 0 aliphatic carbocycles. The summed E-state index contributed by atoms with van der Waals surface area (Å²) in [5.74, 6) is -0.356. The molecule has 0 radical (unpaired) electrons. The molecule has 2 N–H and O–H groups in total. The van der Waals surface area contributed by atoms with Crippen LogP contribution in [0, 0.1) is 6.92 Å². The van der Waals surface area contributed by atoms with Crippen molar-refractivity contribution >= 4 is 23.2 Å². The maximum Gasteiger partial charge on any atom is 0.279 e. The molecule has 2 aromatic heterocycles. The number of aryl methyl sites for hydroxylation is 2. The molecule has 0 saturated carbocycles. The molecule has 1 aromatic carbocycles. The van der Waals surface area contributed by atoms with Crippen molar-refractivity contribution in [2.24, 2.45) is 0 Å². The van der Waals surface area contributed by atoms with Gasteiger partial charge in [-0.15, -0.1) is 21.5 Å². The molecule has 0 atom stereocenters. The minimum atomic E-state index is -0.445. The molecule has 3 rings (SSSR count). The van der Waals surface area contributed by atoms with Gasteiger partial charge in [0, 0.05) is 10.4 Å². The Hall–Kier alpha value is -3.07. The minimum Gasteiger partial charge on any atom is -0.271 e. The highest BCUT2D eigenvalue weighted by molar-refractivity contribution is 7.14. The van der Waals surface area contributed by atoms with Gasteiger partial charge in [-0.05, 0) is 30.2 Å². The fourth-order valence-electron chi connectivity index (χ4n) is 2.35. The van der Waals surface area contributed by atoms with E-state index in [1.54, 1.807) is 0 Å². The van der Waals surface area contributed by atoms with E-state index >= 15 is 0 Å². The first-order valence-electron chi connectivity index (χ1n) is 8.08. The molecular weight excluding hydrogens is 352 g/mol. The van der Waals surface area contributed by atoms with Crippen molar-refractivity contribution in [1.29, 1.82) is 0 Å². The van der Waals surface area contributed by atoms with Crippen molar-refractivity contribution in [3.05, 3.63) is 51.7 Å². The van der Waals surface area contributed by atoms with Gasteiger partial charge in [0.05, 0.1) is 4.88 Å². The van der Waals surface area contributed by atoms with E-state index in [1.807, 2.05) is 50.2 Å². The van der Waals surface area contributed by atoms with Crippen LogP contribution in [0.2, 0.25) is 0 Å². The Bertz CT molecular complexity index is 918. The first-order valence-corrected chi connectivity index (χ1v) is 8.90. The number of carbonyl (C=O) groups is 2. The summed E-state index contributed by atoms with van der Waals surface area (Å²) in [5, 5.41) is 11.9. The Kier molecular flexibility index (Phi) is 5.37. The lowest BCUT2D eigenvalue weighted by molar-refractivity contribution is -0.122. The number of hydrogen-bond acceptors (Lipinski definition) is 6. The molecule has 3 aromatic rings. The highest BCUT2D eigenvalue weighted by Crippen LogP contribution is 2.21. The monoisotopic (exact) mass is 370 g/mol. The van der Waals surface area contributed by atoms with Crippen molar-refractivity contribution in [1.82, 2.24) is 31.1 Å². The summed E-state index contributed by atoms with van der Waals surface area (Å²) in [7, 11) is 0. The van der Waals surface area contributed by atoms with E-state index in [-0.39, 0.29) is 12.5 Å². The Morgan fingerprint density at radius 2 is 1.96 bits per heavy atom. The normalized spacial score (nSPS) is 10.5. The number of tetrazole rings is 1. The van der Waals surface area contributed by atoms with E-state index in [9.17, 15) is 9.59 Å². The van der Waals surface area contributed by atoms with Gasteiger partial charge in [-0.25, -0.2) is 0 Å². The molecule has 0 saturated heterocycles. The van der Waals surface area contributed by atoms with Crippen LogP contribution in [0.15, 0.2) is 36.4 Å². The van der Waals surface area contributed by atoms with Gasteiger partial charge in [0.2, 0.25) is 5.82 Å². The summed E-state index contributed by atoms with van der Waals surface area (Å²) < 4.78 is 0. The zero-order valence-corrected chi connectivity index (χ0v) is 15.2. The number of thiophene rings is 1. The average Bonchev–Trinajstić information content (AvgIpc) is 3.27. The third kappa shape index (κ3) is 4.12. The van der Waals surface area contributed by atoms with Crippen molar-refractivity contribution in [3.8, 4) is 11.4 Å². The summed E-state index contributed by atoms with van der Waals surface area (Å²) in [4.78, 5) is 26.9. The van der Waals surface area contributed by atoms with Gasteiger partial charge in [0.1, 0.15) is 6.54 Å². The molecule has 0 fully saturated rings. The fourth-order valence-corrected chi connectivity index (χ4v) is 3.36. The van der Waals surface area contributed by atoms with Gasteiger partial charge in [0.25, 0.3) is 11.8 Å². The molecule has 8 nitrogen and oxygen atoms in total. The molecule has 2 amide bonds. The molecule has 0 aliphatic heterocycles. The van der Waals surface area contributed by atoms with E-state index in [0.717, 1.165) is 22.4 Å². The molecule has 2 heterocycles. The number of carbonyl (C=O) groups excluding carboxylic acids is 2. The lowest BCUT2D eigenvalue weighted by atomic mass is 10.2. The van der Waals surface area contributed by atoms with Crippen LogP contribution >= 0.6 is 11.3 Å². The highest BCUT2D eigenvalue weighted by atomic mass is 32.1. The maximum absolute atomic E-state index is 12.1. The largest absolute Gasteiger partial charge is 0.279 e. The van der Waals surface area contributed by atoms with Crippen LogP contribution in [-0.2, 0) is 17.8 Å². The van der Waals surface area contributed by atoms with E-state index in [2.05, 4.69) is 26.3 Å². The van der Waals surface area contributed by atoms with Gasteiger partial charge in [0.15, 0.2) is 0 Å². The van der Waals surface area contributed by atoms with Crippen LogP contribution < -0.4 is 10.9 Å². The quantitative estimate of drug-likeness (QED) is 0.666. The topological polar surface area (TPSA) is 102 Å². The maximum atomic E-state index is 12.1. The zero-order chi connectivity index (χ0) is 18.5. The SMILES string of the molecule is CCc1cc(C(=O)NNC(=O)Cn2nnc(-c3ccccc3)n2)sc1C. The van der Waals surface area contributed by atoms with Gasteiger partial charge in [-0.3, -0.25) is 20.4 Å². The first kappa shape index (κ1) is 17.7. The molecule has 0 spiro atoms. The summed E-state index contributed by atoms with van der Waals surface area (Å²) in [6.45, 7) is 3.86. The first-order chi connectivity index (χ1) is 12.6. The van der Waals surface area contributed by atoms with E-state index in [1.165, 1.54) is 16.1 Å². The second-order valence-corrected chi connectivity index (χ2v) is 6.81. The Morgan fingerprint density at radius 3 is 2.65 bits per heavy atom. The number of hydrogen-bond donors (Lipinski definition) is 2. The Labute approximate surface area is 154 Å². The zero-order valence-electron chi connectivity index (χ0n) is 14.4. The smallest absolute Gasteiger partial charge is 0.271 e. The predicted octanol–water partition coefficient (Wildman–Crippen LogP) is 1.73. The summed E-state index contributed by atoms with van der Waals surface area (Å²) >= 11 is 1.40. The lowest BCUT2D eigenvalue weighted by Crippen LogP contribution is -2.43. The van der Waals surface area contributed by atoms with Gasteiger partial charge < -0.3 is 0 Å². The predicted molar refractivity (Wildman–Crippen MR) is 97.3 cm³/mol. The van der Waals surface area contributed by atoms with Crippen LogP contribution in [-0.4, -0.2) is 32.0 Å². The van der Waals surface area contributed by atoms with Crippen LogP contribution in [0.3, 0.4) is 0 Å². The standard InChI is InChI=1S/C17H18N6O2S/c1-3-12-9-14(26-11(12)2)17(25)20-18-15(24)10-23-21-16(19-22-23)13-7-5-4-6-8-13/h4-9H,3,10H2,1-2H3,(H,18,24)(H,20,25). The molecule has 0 unspecified atom stereocenters. The van der Waals surface area contributed by atoms with E-state index < -0.39 is 5.91 Å². The summed E-state index contributed by atoms with van der Waals surface area (Å²) in [6, 6.07) is 11.2. The molecular formula is C17H18N6O2S. The Balaban J connectivity index is 1.54.